The highest BCUT2D eigenvalue weighted by molar-refractivity contribution is 5.93. The van der Waals surface area contributed by atoms with Gasteiger partial charge in [0.1, 0.15) is 11.5 Å². The van der Waals surface area contributed by atoms with Crippen LogP contribution in [-0.4, -0.2) is 44.5 Å². The largest absolute Gasteiger partial charge is 0.481 e. The number of carbonyl (C=O) groups is 2. The number of hydrogen-bond acceptors (Lipinski definition) is 3. The van der Waals surface area contributed by atoms with Gasteiger partial charge in [-0.3, -0.25) is 9.59 Å². The molecule has 1 N–H and O–H groups in total. The molecule has 0 aromatic carbocycles. The number of amides is 1. The molecule has 0 radical (unpaired) electrons. The monoisotopic (exact) mass is 291 g/mol. The van der Waals surface area contributed by atoms with Crippen LogP contribution in [0.25, 0.3) is 0 Å². The van der Waals surface area contributed by atoms with Crippen molar-refractivity contribution in [2.75, 3.05) is 13.1 Å². The Hall–Kier alpha value is -1.85. The third-order valence-corrected chi connectivity index (χ3v) is 4.75. The highest BCUT2D eigenvalue weighted by Crippen LogP contribution is 2.31. The number of likely N-dealkylation sites (tertiary alicyclic amines) is 1. The number of hydrogen-bond donors (Lipinski definition) is 1. The van der Waals surface area contributed by atoms with E-state index in [1.807, 2.05) is 6.20 Å². The summed E-state index contributed by atoms with van der Waals surface area (Å²) in [5, 5.41) is 9.25. The van der Waals surface area contributed by atoms with E-state index in [-0.39, 0.29) is 12.5 Å². The fraction of sp³-hybridized carbons (Fsp3) is 0.667. The first-order chi connectivity index (χ1) is 9.89. The van der Waals surface area contributed by atoms with E-state index < -0.39 is 11.4 Å². The summed E-state index contributed by atoms with van der Waals surface area (Å²) in [6.07, 6.45) is 4.33. The van der Waals surface area contributed by atoms with Crippen LogP contribution in [0.5, 0.6) is 0 Å². The van der Waals surface area contributed by atoms with E-state index in [1.54, 1.807) is 11.8 Å². The molecule has 2 aliphatic rings. The molecule has 21 heavy (non-hydrogen) atoms. The molecule has 3 heterocycles. The van der Waals surface area contributed by atoms with Crippen molar-refractivity contribution in [2.24, 2.45) is 11.3 Å². The molecule has 2 aliphatic heterocycles. The molecular formula is C15H21N3O3. The van der Waals surface area contributed by atoms with Crippen LogP contribution in [0.4, 0.5) is 0 Å². The van der Waals surface area contributed by atoms with Gasteiger partial charge in [0, 0.05) is 32.3 Å². The molecule has 1 saturated heterocycles. The molecule has 6 heteroatoms. The number of aromatic nitrogens is 2. The minimum Gasteiger partial charge on any atom is -0.481 e. The predicted octanol–water partition coefficient (Wildman–Crippen LogP) is 1.40. The zero-order chi connectivity index (χ0) is 15.2. The maximum absolute atomic E-state index is 12.5. The fourth-order valence-electron chi connectivity index (χ4n) is 3.16. The van der Waals surface area contributed by atoms with Crippen LogP contribution in [-0.2, 0) is 17.8 Å². The van der Waals surface area contributed by atoms with Crippen LogP contribution in [0, 0.1) is 11.3 Å². The van der Waals surface area contributed by atoms with Crippen LogP contribution in [0.2, 0.25) is 0 Å². The van der Waals surface area contributed by atoms with E-state index in [0.717, 1.165) is 25.2 Å². The first kappa shape index (κ1) is 14.1. The number of imidazole rings is 1. The minimum atomic E-state index is -0.837. The van der Waals surface area contributed by atoms with Crippen LogP contribution in [0.15, 0.2) is 6.20 Å². The second-order valence-corrected chi connectivity index (χ2v) is 6.68. The second kappa shape index (κ2) is 4.86. The molecule has 1 fully saturated rings. The van der Waals surface area contributed by atoms with E-state index in [9.17, 15) is 14.7 Å². The normalized spacial score (nSPS) is 28.5. The van der Waals surface area contributed by atoms with Crippen molar-refractivity contribution in [3.8, 4) is 0 Å². The Kier molecular flexibility index (Phi) is 3.26. The molecule has 0 bridgehead atoms. The molecular weight excluding hydrogens is 270 g/mol. The van der Waals surface area contributed by atoms with Crippen molar-refractivity contribution in [1.82, 2.24) is 14.5 Å². The van der Waals surface area contributed by atoms with Crippen LogP contribution >= 0.6 is 0 Å². The summed E-state index contributed by atoms with van der Waals surface area (Å²) < 4.78 is 2.06. The molecule has 0 spiro atoms. The molecule has 2 atom stereocenters. The van der Waals surface area contributed by atoms with Gasteiger partial charge in [0.2, 0.25) is 0 Å². The molecule has 1 aromatic heterocycles. The molecule has 1 amide bonds. The van der Waals surface area contributed by atoms with E-state index in [0.29, 0.717) is 24.6 Å². The Bertz CT molecular complexity index is 595. The lowest BCUT2D eigenvalue weighted by Gasteiger charge is -2.19. The van der Waals surface area contributed by atoms with Crippen molar-refractivity contribution < 1.29 is 14.7 Å². The topological polar surface area (TPSA) is 75.4 Å². The van der Waals surface area contributed by atoms with Crippen LogP contribution in [0.3, 0.4) is 0 Å². The Morgan fingerprint density at radius 1 is 1.43 bits per heavy atom. The number of carboxylic acids is 1. The predicted molar refractivity (Wildman–Crippen MR) is 76.0 cm³/mol. The lowest BCUT2D eigenvalue weighted by Crippen LogP contribution is -2.35. The number of carboxylic acid groups (broad SMARTS) is 1. The van der Waals surface area contributed by atoms with Gasteiger partial charge < -0.3 is 14.6 Å². The third kappa shape index (κ3) is 2.43. The van der Waals surface area contributed by atoms with Crippen molar-refractivity contribution in [3.05, 3.63) is 17.7 Å². The smallest absolute Gasteiger partial charge is 0.311 e. The standard InChI is InChI=1S/C15H21N3O3/c1-10-3-5-17-8-11(16-12(17)7-10)13(19)18-6-4-15(2,9-18)14(20)21/h8,10H,3-7,9H2,1-2H3,(H,20,21). The molecule has 2 unspecified atom stereocenters. The van der Waals surface area contributed by atoms with Crippen molar-refractivity contribution in [2.45, 2.75) is 39.7 Å². The average Bonchev–Trinajstić information content (AvgIpc) is 3.02. The molecule has 0 aliphatic carbocycles. The van der Waals surface area contributed by atoms with Crippen LogP contribution < -0.4 is 0 Å². The Labute approximate surface area is 123 Å². The second-order valence-electron chi connectivity index (χ2n) is 6.68. The minimum absolute atomic E-state index is 0.144. The number of rotatable bonds is 2. The zero-order valence-corrected chi connectivity index (χ0v) is 12.5. The Morgan fingerprint density at radius 3 is 2.86 bits per heavy atom. The van der Waals surface area contributed by atoms with Crippen molar-refractivity contribution in [3.63, 3.8) is 0 Å². The van der Waals surface area contributed by atoms with E-state index in [4.69, 9.17) is 0 Å². The molecule has 6 nitrogen and oxygen atoms in total. The van der Waals surface area contributed by atoms with Gasteiger partial charge in [0.25, 0.3) is 5.91 Å². The number of aryl methyl sites for hydroxylation is 1. The maximum Gasteiger partial charge on any atom is 0.311 e. The Balaban J connectivity index is 1.76. The van der Waals surface area contributed by atoms with Gasteiger partial charge >= 0.3 is 5.97 Å². The molecule has 3 rings (SSSR count). The first-order valence-electron chi connectivity index (χ1n) is 7.48. The van der Waals surface area contributed by atoms with Gasteiger partial charge in [-0.05, 0) is 25.7 Å². The van der Waals surface area contributed by atoms with Gasteiger partial charge in [0.15, 0.2) is 0 Å². The number of nitrogens with zero attached hydrogens (tertiary/aromatic N) is 3. The summed E-state index contributed by atoms with van der Waals surface area (Å²) in [4.78, 5) is 29.9. The van der Waals surface area contributed by atoms with E-state index in [2.05, 4.69) is 16.5 Å². The first-order valence-corrected chi connectivity index (χ1v) is 7.48. The van der Waals surface area contributed by atoms with Gasteiger partial charge in [-0.1, -0.05) is 6.92 Å². The summed E-state index contributed by atoms with van der Waals surface area (Å²) in [6, 6.07) is 0. The molecule has 1 aromatic rings. The summed E-state index contributed by atoms with van der Waals surface area (Å²) in [6.45, 7) is 5.55. The van der Waals surface area contributed by atoms with E-state index in [1.165, 1.54) is 0 Å². The van der Waals surface area contributed by atoms with E-state index >= 15 is 0 Å². The van der Waals surface area contributed by atoms with Crippen molar-refractivity contribution in [1.29, 1.82) is 0 Å². The zero-order valence-electron chi connectivity index (χ0n) is 12.5. The summed E-state index contributed by atoms with van der Waals surface area (Å²) in [5.74, 6) is 0.590. The summed E-state index contributed by atoms with van der Waals surface area (Å²) in [5.41, 5.74) is -0.377. The Morgan fingerprint density at radius 2 is 2.19 bits per heavy atom. The highest BCUT2D eigenvalue weighted by atomic mass is 16.4. The fourth-order valence-corrected chi connectivity index (χ4v) is 3.16. The van der Waals surface area contributed by atoms with Crippen LogP contribution in [0.1, 0.15) is 43.0 Å². The highest BCUT2D eigenvalue weighted by Gasteiger charge is 2.42. The number of carbonyl (C=O) groups excluding carboxylic acids is 1. The van der Waals surface area contributed by atoms with Gasteiger partial charge in [-0.2, -0.15) is 0 Å². The lowest BCUT2D eigenvalue weighted by molar-refractivity contribution is -0.147. The lowest BCUT2D eigenvalue weighted by atomic mass is 9.90. The van der Waals surface area contributed by atoms with Gasteiger partial charge in [-0.25, -0.2) is 4.98 Å². The quantitative estimate of drug-likeness (QED) is 0.893. The van der Waals surface area contributed by atoms with Crippen molar-refractivity contribution >= 4 is 11.9 Å². The molecule has 114 valence electrons. The third-order valence-electron chi connectivity index (χ3n) is 4.75. The van der Waals surface area contributed by atoms with Gasteiger partial charge in [-0.15, -0.1) is 0 Å². The maximum atomic E-state index is 12.5. The number of fused-ring (bicyclic) bond motifs is 1. The molecule has 0 saturated carbocycles. The van der Waals surface area contributed by atoms with Gasteiger partial charge in [0.05, 0.1) is 5.41 Å². The average molecular weight is 291 g/mol. The summed E-state index contributed by atoms with van der Waals surface area (Å²) in [7, 11) is 0. The summed E-state index contributed by atoms with van der Waals surface area (Å²) >= 11 is 0. The number of aliphatic carboxylic acids is 1. The SMILES string of the molecule is CC1CCn2cc(C(=O)N3CCC(C)(C(=O)O)C3)nc2C1.